The molecule has 0 unspecified atom stereocenters. The molecule has 0 saturated carbocycles. The summed E-state index contributed by atoms with van der Waals surface area (Å²) in [5.41, 5.74) is 9.00. The van der Waals surface area contributed by atoms with Gasteiger partial charge in [-0.2, -0.15) is 0 Å². The Labute approximate surface area is 147 Å². The Morgan fingerprint density at radius 3 is 2.48 bits per heavy atom. The molecule has 0 bridgehead atoms. The summed E-state index contributed by atoms with van der Waals surface area (Å²) in [5.74, 6) is 0. The van der Waals surface area contributed by atoms with Gasteiger partial charge in [0.15, 0.2) is 4.77 Å². The van der Waals surface area contributed by atoms with Crippen molar-refractivity contribution in [2.75, 3.05) is 5.73 Å². The predicted octanol–water partition coefficient (Wildman–Crippen LogP) is 4.55. The molecule has 3 rings (SSSR count). The van der Waals surface area contributed by atoms with E-state index in [1.807, 2.05) is 13.8 Å². The average molecular weight is 366 g/mol. The van der Waals surface area contributed by atoms with E-state index >= 15 is 0 Å². The highest BCUT2D eigenvalue weighted by molar-refractivity contribution is 7.71. The van der Waals surface area contributed by atoms with Gasteiger partial charge >= 0.3 is 0 Å². The van der Waals surface area contributed by atoms with Gasteiger partial charge in [-0.25, -0.2) is 0 Å². The SMILES string of the molecule is Cc1cc2[nH]c(=S)n(-c3cc(C)c(Cl)cc3Cl)c(=O)c2cc1N. The monoisotopic (exact) mass is 365 g/mol. The number of hydrogen-bond acceptors (Lipinski definition) is 3. The number of nitrogens with two attached hydrogens (primary N) is 1. The summed E-state index contributed by atoms with van der Waals surface area (Å²) in [5, 5.41) is 1.33. The minimum atomic E-state index is -0.279. The smallest absolute Gasteiger partial charge is 0.266 e. The maximum Gasteiger partial charge on any atom is 0.266 e. The first-order valence-electron chi connectivity index (χ1n) is 6.81. The molecular weight excluding hydrogens is 353 g/mol. The summed E-state index contributed by atoms with van der Waals surface area (Å²) in [7, 11) is 0. The number of benzene rings is 2. The van der Waals surface area contributed by atoms with E-state index in [0.717, 1.165) is 11.1 Å². The van der Waals surface area contributed by atoms with E-state index in [9.17, 15) is 4.79 Å². The van der Waals surface area contributed by atoms with Crippen LogP contribution in [0.2, 0.25) is 10.0 Å². The third-order valence-electron chi connectivity index (χ3n) is 3.75. The van der Waals surface area contributed by atoms with Gasteiger partial charge in [-0.3, -0.25) is 9.36 Å². The topological polar surface area (TPSA) is 63.8 Å². The van der Waals surface area contributed by atoms with Crippen molar-refractivity contribution in [3.05, 3.63) is 60.6 Å². The molecule has 2 aromatic carbocycles. The quantitative estimate of drug-likeness (QED) is 0.490. The molecule has 118 valence electrons. The molecule has 0 aliphatic rings. The summed E-state index contributed by atoms with van der Waals surface area (Å²) in [4.78, 5) is 15.9. The summed E-state index contributed by atoms with van der Waals surface area (Å²) in [6.45, 7) is 3.71. The Kier molecular flexibility index (Phi) is 3.96. The second kappa shape index (κ2) is 5.67. The van der Waals surface area contributed by atoms with E-state index in [1.54, 1.807) is 24.3 Å². The van der Waals surface area contributed by atoms with Gasteiger partial charge in [0, 0.05) is 10.7 Å². The fourth-order valence-electron chi connectivity index (χ4n) is 2.42. The van der Waals surface area contributed by atoms with Gasteiger partial charge in [0.2, 0.25) is 0 Å². The number of rotatable bonds is 1. The first-order chi connectivity index (χ1) is 10.8. The van der Waals surface area contributed by atoms with Crippen LogP contribution < -0.4 is 11.3 Å². The molecule has 0 amide bonds. The molecule has 0 radical (unpaired) electrons. The van der Waals surface area contributed by atoms with Crippen LogP contribution in [0.5, 0.6) is 0 Å². The summed E-state index contributed by atoms with van der Waals surface area (Å²) in [6.07, 6.45) is 0. The molecule has 1 heterocycles. The lowest BCUT2D eigenvalue weighted by atomic mass is 10.1. The Morgan fingerprint density at radius 2 is 1.78 bits per heavy atom. The third kappa shape index (κ3) is 2.65. The van der Waals surface area contributed by atoms with Crippen molar-refractivity contribution in [2.24, 2.45) is 0 Å². The van der Waals surface area contributed by atoms with Crippen molar-refractivity contribution >= 4 is 52.0 Å². The van der Waals surface area contributed by atoms with Crippen molar-refractivity contribution in [2.45, 2.75) is 13.8 Å². The molecule has 0 saturated heterocycles. The number of aromatic amines is 1. The lowest BCUT2D eigenvalue weighted by molar-refractivity contribution is 0.938. The van der Waals surface area contributed by atoms with Crippen LogP contribution in [0.4, 0.5) is 5.69 Å². The van der Waals surface area contributed by atoms with Crippen LogP contribution in [0.1, 0.15) is 11.1 Å². The summed E-state index contributed by atoms with van der Waals surface area (Å²) < 4.78 is 1.62. The Hall–Kier alpha value is -1.82. The van der Waals surface area contributed by atoms with Crippen molar-refractivity contribution in [1.29, 1.82) is 0 Å². The second-order valence-corrected chi connectivity index (χ2v) is 6.58. The molecule has 3 aromatic rings. The first kappa shape index (κ1) is 16.1. The highest BCUT2D eigenvalue weighted by atomic mass is 35.5. The first-order valence-corrected chi connectivity index (χ1v) is 7.97. The number of nitrogen functional groups attached to an aromatic ring is 1. The number of anilines is 1. The highest BCUT2D eigenvalue weighted by Crippen LogP contribution is 2.27. The van der Waals surface area contributed by atoms with Gasteiger partial charge in [0.1, 0.15) is 0 Å². The minimum Gasteiger partial charge on any atom is -0.398 e. The lowest BCUT2D eigenvalue weighted by Gasteiger charge is -2.12. The average Bonchev–Trinajstić information content (AvgIpc) is 2.47. The van der Waals surface area contributed by atoms with Crippen LogP contribution in [0.25, 0.3) is 16.6 Å². The normalized spacial score (nSPS) is 11.1. The Balaban J connectivity index is 2.44. The van der Waals surface area contributed by atoms with Crippen molar-refractivity contribution in [3.8, 4) is 5.69 Å². The van der Waals surface area contributed by atoms with E-state index in [4.69, 9.17) is 41.2 Å². The van der Waals surface area contributed by atoms with E-state index < -0.39 is 0 Å². The van der Waals surface area contributed by atoms with Crippen LogP contribution >= 0.6 is 35.4 Å². The van der Waals surface area contributed by atoms with Gasteiger partial charge in [0.05, 0.1) is 21.6 Å². The third-order valence-corrected chi connectivity index (χ3v) is 4.75. The van der Waals surface area contributed by atoms with Gasteiger partial charge in [-0.1, -0.05) is 23.2 Å². The lowest BCUT2D eigenvalue weighted by Crippen LogP contribution is -2.21. The van der Waals surface area contributed by atoms with Crippen LogP contribution in [-0.4, -0.2) is 9.55 Å². The number of fused-ring (bicyclic) bond motifs is 1. The van der Waals surface area contributed by atoms with E-state index in [2.05, 4.69) is 4.98 Å². The van der Waals surface area contributed by atoms with Gasteiger partial charge in [0.25, 0.3) is 5.56 Å². The number of aryl methyl sites for hydroxylation is 2. The fourth-order valence-corrected chi connectivity index (χ4v) is 3.18. The summed E-state index contributed by atoms with van der Waals surface area (Å²) >= 11 is 17.7. The molecule has 3 N–H and O–H groups in total. The zero-order valence-corrected chi connectivity index (χ0v) is 14.7. The van der Waals surface area contributed by atoms with Crippen LogP contribution in [0.3, 0.4) is 0 Å². The molecule has 0 fully saturated rings. The van der Waals surface area contributed by atoms with Gasteiger partial charge in [-0.05, 0) is 61.5 Å². The largest absolute Gasteiger partial charge is 0.398 e. The molecule has 7 heteroatoms. The second-order valence-electron chi connectivity index (χ2n) is 5.38. The Morgan fingerprint density at radius 1 is 1.09 bits per heavy atom. The van der Waals surface area contributed by atoms with E-state index in [1.165, 1.54) is 4.57 Å². The highest BCUT2D eigenvalue weighted by Gasteiger charge is 2.13. The molecule has 0 aliphatic heterocycles. The predicted molar refractivity (Wildman–Crippen MR) is 98.6 cm³/mol. The standard InChI is InChI=1S/C16H13Cl2N3OS/c1-7-4-14(11(18)6-10(7)17)21-15(22)9-5-12(19)8(2)3-13(9)20-16(21)23/h3-6H,19H2,1-2H3,(H,20,23). The van der Waals surface area contributed by atoms with E-state index in [0.29, 0.717) is 32.3 Å². The Bertz CT molecular complexity index is 1070. The number of halogens is 2. The fraction of sp³-hybridized carbons (Fsp3) is 0.125. The van der Waals surface area contributed by atoms with Crippen LogP contribution in [0.15, 0.2) is 29.1 Å². The van der Waals surface area contributed by atoms with E-state index in [-0.39, 0.29) is 10.3 Å². The van der Waals surface area contributed by atoms with Crippen molar-refractivity contribution < 1.29 is 0 Å². The molecule has 23 heavy (non-hydrogen) atoms. The minimum absolute atomic E-state index is 0.260. The molecule has 4 nitrogen and oxygen atoms in total. The summed E-state index contributed by atoms with van der Waals surface area (Å²) in [6, 6.07) is 6.79. The molecule has 0 spiro atoms. The number of hydrogen-bond donors (Lipinski definition) is 2. The molecule has 0 atom stereocenters. The zero-order valence-electron chi connectivity index (χ0n) is 12.4. The van der Waals surface area contributed by atoms with Crippen LogP contribution in [-0.2, 0) is 0 Å². The maximum absolute atomic E-state index is 12.9. The molecular formula is C16H13Cl2N3OS. The number of nitrogens with zero attached hydrogens (tertiary/aromatic N) is 1. The zero-order chi connectivity index (χ0) is 16.9. The number of aromatic nitrogens is 2. The molecule has 0 aliphatic carbocycles. The number of nitrogens with one attached hydrogen (secondary N) is 1. The van der Waals surface area contributed by atoms with Crippen molar-refractivity contribution in [3.63, 3.8) is 0 Å². The molecule has 1 aromatic heterocycles. The maximum atomic E-state index is 12.9. The van der Waals surface area contributed by atoms with Gasteiger partial charge < -0.3 is 10.7 Å². The van der Waals surface area contributed by atoms with Crippen LogP contribution in [0, 0.1) is 18.6 Å². The van der Waals surface area contributed by atoms with Crippen molar-refractivity contribution in [1.82, 2.24) is 9.55 Å². The number of H-pyrrole nitrogens is 1. The van der Waals surface area contributed by atoms with Gasteiger partial charge in [-0.15, -0.1) is 0 Å².